The van der Waals surface area contributed by atoms with Gasteiger partial charge in [0.15, 0.2) is 0 Å². The zero-order valence-electron chi connectivity index (χ0n) is 12.4. The molecule has 1 aromatic rings. The summed E-state index contributed by atoms with van der Waals surface area (Å²) in [5.74, 6) is 1.08. The molecule has 1 fully saturated rings. The Morgan fingerprint density at radius 3 is 2.75 bits per heavy atom. The maximum Gasteiger partial charge on any atom is 0.222 e. The fourth-order valence-electron chi connectivity index (χ4n) is 2.49. The number of rotatable bonds is 3. The van der Waals surface area contributed by atoms with Crippen LogP contribution in [0.1, 0.15) is 38.7 Å². The first-order valence-electron chi connectivity index (χ1n) is 7.01. The third-order valence-electron chi connectivity index (χ3n) is 4.02. The van der Waals surface area contributed by atoms with Crippen LogP contribution in [-0.2, 0) is 11.3 Å². The molecule has 1 amide bonds. The molecule has 110 valence electrons. The van der Waals surface area contributed by atoms with Crippen molar-refractivity contribution in [2.24, 2.45) is 5.41 Å². The monoisotopic (exact) mass is 339 g/mol. The van der Waals surface area contributed by atoms with E-state index in [-0.39, 0.29) is 11.3 Å². The van der Waals surface area contributed by atoms with E-state index >= 15 is 0 Å². The molecule has 1 aromatic carbocycles. The van der Waals surface area contributed by atoms with Crippen molar-refractivity contribution in [3.05, 3.63) is 28.2 Å². The highest BCUT2D eigenvalue weighted by Crippen LogP contribution is 2.31. The van der Waals surface area contributed by atoms with E-state index in [4.69, 9.17) is 4.74 Å². The van der Waals surface area contributed by atoms with E-state index in [2.05, 4.69) is 29.8 Å². The number of hydrogen-bond donors (Lipinski definition) is 0. The number of halogens is 1. The Kier molecular flexibility index (Phi) is 4.74. The largest absolute Gasteiger partial charge is 0.496 e. The summed E-state index contributed by atoms with van der Waals surface area (Å²) in [6.07, 6.45) is 2.70. The molecule has 0 saturated carbocycles. The Morgan fingerprint density at radius 1 is 1.35 bits per heavy atom. The first kappa shape index (κ1) is 15.4. The minimum absolute atomic E-state index is 0.266. The smallest absolute Gasteiger partial charge is 0.222 e. The molecule has 1 saturated heterocycles. The van der Waals surface area contributed by atoms with Crippen LogP contribution in [-0.4, -0.2) is 24.5 Å². The average Bonchev–Trinajstić information content (AvgIpc) is 2.52. The molecule has 1 aliphatic rings. The van der Waals surface area contributed by atoms with Crippen molar-refractivity contribution in [3.8, 4) is 5.75 Å². The highest BCUT2D eigenvalue weighted by molar-refractivity contribution is 9.10. The van der Waals surface area contributed by atoms with Crippen LogP contribution < -0.4 is 4.74 Å². The number of nitrogens with zero attached hydrogens (tertiary/aromatic N) is 1. The van der Waals surface area contributed by atoms with Gasteiger partial charge in [-0.05, 0) is 51.9 Å². The molecule has 0 unspecified atom stereocenters. The number of hydrogen-bond acceptors (Lipinski definition) is 2. The van der Waals surface area contributed by atoms with Crippen molar-refractivity contribution in [1.82, 2.24) is 4.90 Å². The molecule has 4 heteroatoms. The van der Waals surface area contributed by atoms with Crippen LogP contribution >= 0.6 is 15.9 Å². The van der Waals surface area contributed by atoms with Gasteiger partial charge in [0.25, 0.3) is 0 Å². The lowest BCUT2D eigenvalue weighted by Crippen LogP contribution is -2.30. The predicted molar refractivity (Wildman–Crippen MR) is 83.7 cm³/mol. The van der Waals surface area contributed by atoms with E-state index in [0.29, 0.717) is 13.0 Å². The third-order valence-corrected chi connectivity index (χ3v) is 4.64. The molecule has 0 spiro atoms. The number of carbonyl (C=O) groups is 1. The minimum Gasteiger partial charge on any atom is -0.496 e. The van der Waals surface area contributed by atoms with E-state index in [9.17, 15) is 4.79 Å². The fraction of sp³-hybridized carbons (Fsp3) is 0.562. The first-order valence-corrected chi connectivity index (χ1v) is 7.81. The van der Waals surface area contributed by atoms with Crippen LogP contribution in [0.2, 0.25) is 0 Å². The zero-order valence-corrected chi connectivity index (χ0v) is 14.0. The topological polar surface area (TPSA) is 29.5 Å². The minimum atomic E-state index is 0.266. The maximum atomic E-state index is 12.2. The molecule has 3 nitrogen and oxygen atoms in total. The summed E-state index contributed by atoms with van der Waals surface area (Å²) >= 11 is 3.49. The number of carbonyl (C=O) groups excluding carboxylic acids is 1. The van der Waals surface area contributed by atoms with Crippen LogP contribution in [0.5, 0.6) is 5.75 Å². The molecule has 0 N–H and O–H groups in total. The summed E-state index contributed by atoms with van der Waals surface area (Å²) in [6.45, 7) is 6.01. The molecule has 0 radical (unpaired) electrons. The van der Waals surface area contributed by atoms with Crippen molar-refractivity contribution < 1.29 is 9.53 Å². The van der Waals surface area contributed by atoms with Crippen molar-refractivity contribution in [2.45, 2.75) is 39.7 Å². The highest BCUT2D eigenvalue weighted by Gasteiger charge is 2.27. The van der Waals surface area contributed by atoms with Gasteiger partial charge in [0.1, 0.15) is 5.75 Å². The van der Waals surface area contributed by atoms with E-state index in [0.717, 1.165) is 35.2 Å². The lowest BCUT2D eigenvalue weighted by Gasteiger charge is -2.23. The van der Waals surface area contributed by atoms with Gasteiger partial charge in [0.2, 0.25) is 5.91 Å². The average molecular weight is 340 g/mol. The SMILES string of the molecule is COc1ccc(CN2CCC(C)(C)CCC2=O)cc1Br. The summed E-state index contributed by atoms with van der Waals surface area (Å²) in [5, 5.41) is 0. The van der Waals surface area contributed by atoms with Crippen LogP contribution in [0.3, 0.4) is 0 Å². The van der Waals surface area contributed by atoms with Gasteiger partial charge in [-0.25, -0.2) is 0 Å². The second-order valence-corrected chi connectivity index (χ2v) is 7.05. The van der Waals surface area contributed by atoms with Gasteiger partial charge in [-0.1, -0.05) is 19.9 Å². The predicted octanol–water partition coefficient (Wildman–Crippen LogP) is 4.00. The fourth-order valence-corrected chi connectivity index (χ4v) is 3.07. The highest BCUT2D eigenvalue weighted by atomic mass is 79.9. The van der Waals surface area contributed by atoms with Crippen LogP contribution in [0.15, 0.2) is 22.7 Å². The quantitative estimate of drug-likeness (QED) is 0.832. The molecule has 0 atom stereocenters. The van der Waals surface area contributed by atoms with Gasteiger partial charge in [-0.2, -0.15) is 0 Å². The van der Waals surface area contributed by atoms with Crippen molar-refractivity contribution >= 4 is 21.8 Å². The lowest BCUT2D eigenvalue weighted by atomic mass is 9.85. The second-order valence-electron chi connectivity index (χ2n) is 6.20. The van der Waals surface area contributed by atoms with Crippen molar-refractivity contribution in [1.29, 1.82) is 0 Å². The molecule has 1 heterocycles. The summed E-state index contributed by atoms with van der Waals surface area (Å²) in [7, 11) is 1.65. The van der Waals surface area contributed by atoms with E-state index in [1.54, 1.807) is 7.11 Å². The molecule has 20 heavy (non-hydrogen) atoms. The number of benzene rings is 1. The van der Waals surface area contributed by atoms with E-state index in [1.807, 2.05) is 23.1 Å². The molecule has 0 bridgehead atoms. The van der Waals surface area contributed by atoms with Crippen molar-refractivity contribution in [2.75, 3.05) is 13.7 Å². The Hall–Kier alpha value is -1.03. The molecule has 2 rings (SSSR count). The summed E-state index contributed by atoms with van der Waals surface area (Å²) in [5.41, 5.74) is 1.40. The van der Waals surface area contributed by atoms with Crippen LogP contribution in [0.25, 0.3) is 0 Å². The van der Waals surface area contributed by atoms with Gasteiger partial charge in [-0.15, -0.1) is 0 Å². The van der Waals surface area contributed by atoms with Crippen molar-refractivity contribution in [3.63, 3.8) is 0 Å². The lowest BCUT2D eigenvalue weighted by molar-refractivity contribution is -0.131. The standard InChI is InChI=1S/C16H22BrNO2/c1-16(2)7-6-15(19)18(9-8-16)11-12-4-5-14(20-3)13(17)10-12/h4-5,10H,6-9,11H2,1-3H3. The molecular weight excluding hydrogens is 318 g/mol. The summed E-state index contributed by atoms with van der Waals surface area (Å²) < 4.78 is 6.16. The first-order chi connectivity index (χ1) is 9.41. The molecular formula is C16H22BrNO2. The molecule has 0 aliphatic carbocycles. The van der Waals surface area contributed by atoms with Gasteiger partial charge < -0.3 is 9.64 Å². The van der Waals surface area contributed by atoms with Crippen LogP contribution in [0.4, 0.5) is 0 Å². The molecule has 1 aliphatic heterocycles. The number of likely N-dealkylation sites (tertiary alicyclic amines) is 1. The van der Waals surface area contributed by atoms with Gasteiger partial charge >= 0.3 is 0 Å². The maximum absolute atomic E-state index is 12.2. The van der Waals surface area contributed by atoms with Crippen LogP contribution in [0, 0.1) is 5.41 Å². The Balaban J connectivity index is 2.09. The molecule has 0 aromatic heterocycles. The van der Waals surface area contributed by atoms with Gasteiger partial charge in [0, 0.05) is 19.5 Å². The third kappa shape index (κ3) is 3.75. The zero-order chi connectivity index (χ0) is 14.8. The Morgan fingerprint density at radius 2 is 2.10 bits per heavy atom. The second kappa shape index (κ2) is 6.17. The van der Waals surface area contributed by atoms with Gasteiger partial charge in [0.05, 0.1) is 11.6 Å². The summed E-state index contributed by atoms with van der Waals surface area (Å²) in [4.78, 5) is 14.2. The van der Waals surface area contributed by atoms with E-state index in [1.165, 1.54) is 0 Å². The Labute approximate surface area is 129 Å². The Bertz CT molecular complexity index is 499. The van der Waals surface area contributed by atoms with E-state index < -0.39 is 0 Å². The normalized spacial score (nSPS) is 18.8. The number of ether oxygens (including phenoxy) is 1. The number of methoxy groups -OCH3 is 1. The van der Waals surface area contributed by atoms with Gasteiger partial charge in [-0.3, -0.25) is 4.79 Å². The summed E-state index contributed by atoms with van der Waals surface area (Å²) in [6, 6.07) is 5.99. The number of amides is 1.